The van der Waals surface area contributed by atoms with Gasteiger partial charge in [0.25, 0.3) is 11.5 Å². The lowest BCUT2D eigenvalue weighted by Crippen LogP contribution is -2.42. The summed E-state index contributed by atoms with van der Waals surface area (Å²) < 4.78 is 38.6. The van der Waals surface area contributed by atoms with Crippen LogP contribution in [0.3, 0.4) is 0 Å². The number of aliphatic hydroxyl groups is 1. The Morgan fingerprint density at radius 2 is 1.87 bits per heavy atom. The minimum absolute atomic E-state index is 0.235. The molecule has 0 fully saturated rings. The molecule has 0 aliphatic heterocycles. The molecular weight excluding hydrogens is 435 g/mol. The van der Waals surface area contributed by atoms with Crippen molar-refractivity contribution in [3.63, 3.8) is 0 Å². The topological polar surface area (TPSA) is 84.2 Å². The maximum atomic E-state index is 12.9. The van der Waals surface area contributed by atoms with Gasteiger partial charge in [-0.05, 0) is 42.8 Å². The number of halogens is 4. The van der Waals surface area contributed by atoms with Gasteiger partial charge in [-0.1, -0.05) is 35.9 Å². The molecule has 3 rings (SSSR count). The summed E-state index contributed by atoms with van der Waals surface area (Å²) in [6.45, 7) is 0.717. The van der Waals surface area contributed by atoms with Crippen LogP contribution in [0, 0.1) is 6.92 Å². The highest BCUT2D eigenvalue weighted by molar-refractivity contribution is 6.30. The third-order valence-electron chi connectivity index (χ3n) is 4.38. The minimum Gasteiger partial charge on any atom is -0.382 e. The number of aromatic nitrogens is 2. The molecule has 0 saturated heterocycles. The van der Waals surface area contributed by atoms with Crippen LogP contribution in [0.5, 0.6) is 0 Å². The van der Waals surface area contributed by atoms with Gasteiger partial charge in [0, 0.05) is 10.6 Å². The second kappa shape index (κ2) is 8.91. The first-order valence-corrected chi connectivity index (χ1v) is 9.44. The molecule has 1 amide bonds. The average Bonchev–Trinajstić information content (AvgIpc) is 2.72. The molecule has 0 bridgehead atoms. The highest BCUT2D eigenvalue weighted by Crippen LogP contribution is 2.21. The predicted octanol–water partition coefficient (Wildman–Crippen LogP) is 3.51. The van der Waals surface area contributed by atoms with Crippen LogP contribution < -0.4 is 10.9 Å². The Bertz CT molecular complexity index is 1160. The Labute approximate surface area is 179 Å². The van der Waals surface area contributed by atoms with Crippen LogP contribution in [0.25, 0.3) is 16.9 Å². The van der Waals surface area contributed by atoms with Gasteiger partial charge in [-0.15, -0.1) is 0 Å². The van der Waals surface area contributed by atoms with Crippen LogP contribution in [0.1, 0.15) is 15.9 Å². The van der Waals surface area contributed by atoms with E-state index >= 15 is 0 Å². The van der Waals surface area contributed by atoms with Gasteiger partial charge in [0.15, 0.2) is 6.10 Å². The summed E-state index contributed by atoms with van der Waals surface area (Å²) in [7, 11) is 0. The molecule has 1 atom stereocenters. The van der Waals surface area contributed by atoms with Crippen molar-refractivity contribution in [2.45, 2.75) is 19.2 Å². The second-order valence-corrected chi connectivity index (χ2v) is 7.21. The molecule has 0 saturated carbocycles. The normalized spacial score (nSPS) is 12.5. The summed E-state index contributed by atoms with van der Waals surface area (Å²) in [5.74, 6) is -1.06. The number of carbonyl (C=O) groups is 1. The molecule has 31 heavy (non-hydrogen) atoms. The Hall–Kier alpha value is -3.17. The molecule has 0 spiro atoms. The van der Waals surface area contributed by atoms with Crippen LogP contribution in [-0.4, -0.2) is 39.6 Å². The van der Waals surface area contributed by atoms with E-state index in [-0.39, 0.29) is 5.69 Å². The number of amides is 1. The van der Waals surface area contributed by atoms with Gasteiger partial charge in [0.2, 0.25) is 0 Å². The fourth-order valence-corrected chi connectivity index (χ4v) is 2.88. The Kier molecular flexibility index (Phi) is 6.47. The average molecular weight is 452 g/mol. The third kappa shape index (κ3) is 5.31. The first-order valence-electron chi connectivity index (χ1n) is 9.06. The van der Waals surface area contributed by atoms with E-state index in [0.717, 1.165) is 10.2 Å². The first kappa shape index (κ1) is 22.5. The number of nitrogens with zero attached hydrogens (tertiary/aromatic N) is 2. The number of aliphatic hydroxyl groups excluding tert-OH is 1. The van der Waals surface area contributed by atoms with Crippen LogP contribution in [-0.2, 0) is 0 Å². The Balaban J connectivity index is 2.08. The lowest BCUT2D eigenvalue weighted by Gasteiger charge is -2.15. The molecule has 1 unspecified atom stereocenters. The molecule has 1 heterocycles. The molecule has 1 aromatic heterocycles. The van der Waals surface area contributed by atoms with Gasteiger partial charge >= 0.3 is 6.18 Å². The summed E-state index contributed by atoms with van der Waals surface area (Å²) in [6, 6.07) is 14.4. The van der Waals surface area contributed by atoms with Crippen molar-refractivity contribution in [2.75, 3.05) is 6.54 Å². The Morgan fingerprint density at radius 1 is 1.19 bits per heavy atom. The van der Waals surface area contributed by atoms with Gasteiger partial charge in [-0.3, -0.25) is 9.59 Å². The highest BCUT2D eigenvalue weighted by atomic mass is 35.5. The molecule has 0 aliphatic carbocycles. The summed E-state index contributed by atoms with van der Waals surface area (Å²) in [5, 5.41) is 15.9. The number of benzene rings is 2. The minimum atomic E-state index is -4.90. The van der Waals surface area contributed by atoms with Gasteiger partial charge < -0.3 is 10.4 Å². The third-order valence-corrected chi connectivity index (χ3v) is 4.63. The number of alkyl halides is 3. The number of rotatable bonds is 5. The summed E-state index contributed by atoms with van der Waals surface area (Å²) in [5.41, 5.74) is 0.750. The number of carbonyl (C=O) groups excluding carboxylic acids is 1. The van der Waals surface area contributed by atoms with Crippen molar-refractivity contribution < 1.29 is 23.1 Å². The van der Waals surface area contributed by atoms with E-state index in [2.05, 4.69) is 5.10 Å². The van der Waals surface area contributed by atoms with Gasteiger partial charge in [0.1, 0.15) is 5.56 Å². The van der Waals surface area contributed by atoms with E-state index < -0.39 is 35.9 Å². The van der Waals surface area contributed by atoms with E-state index in [1.54, 1.807) is 42.5 Å². The molecule has 10 heteroatoms. The van der Waals surface area contributed by atoms with E-state index in [1.165, 1.54) is 6.07 Å². The SMILES string of the molecule is Cc1cccc(-n2nc(-c3ccc(Cl)cc3)cc(C(=O)NCC(O)C(F)(F)F)c2=O)c1. The molecule has 2 N–H and O–H groups in total. The molecule has 162 valence electrons. The molecule has 2 aromatic carbocycles. The fourth-order valence-electron chi connectivity index (χ4n) is 2.75. The summed E-state index contributed by atoms with van der Waals surface area (Å²) in [4.78, 5) is 25.5. The van der Waals surface area contributed by atoms with Gasteiger partial charge in [0.05, 0.1) is 17.9 Å². The maximum Gasteiger partial charge on any atom is 0.416 e. The van der Waals surface area contributed by atoms with Crippen molar-refractivity contribution >= 4 is 17.5 Å². The predicted molar refractivity (Wildman–Crippen MR) is 109 cm³/mol. The highest BCUT2D eigenvalue weighted by Gasteiger charge is 2.38. The quantitative estimate of drug-likeness (QED) is 0.621. The first-order chi connectivity index (χ1) is 14.6. The van der Waals surface area contributed by atoms with Gasteiger partial charge in [-0.25, -0.2) is 0 Å². The number of hydrogen-bond acceptors (Lipinski definition) is 4. The monoisotopic (exact) mass is 451 g/mol. The van der Waals surface area contributed by atoms with Crippen molar-refractivity contribution in [1.29, 1.82) is 0 Å². The van der Waals surface area contributed by atoms with E-state index in [0.29, 0.717) is 16.3 Å². The number of hydrogen-bond donors (Lipinski definition) is 2. The zero-order valence-electron chi connectivity index (χ0n) is 16.2. The van der Waals surface area contributed by atoms with E-state index in [1.807, 2.05) is 18.3 Å². The molecule has 0 radical (unpaired) electrons. The van der Waals surface area contributed by atoms with E-state index in [4.69, 9.17) is 16.7 Å². The second-order valence-electron chi connectivity index (χ2n) is 6.77. The molecule has 6 nitrogen and oxygen atoms in total. The molecule has 0 aliphatic rings. The number of aryl methyl sites for hydroxylation is 1. The van der Waals surface area contributed by atoms with Crippen LogP contribution >= 0.6 is 11.6 Å². The lowest BCUT2D eigenvalue weighted by atomic mass is 10.1. The van der Waals surface area contributed by atoms with Crippen molar-refractivity contribution in [2.24, 2.45) is 0 Å². The van der Waals surface area contributed by atoms with Crippen LogP contribution in [0.4, 0.5) is 13.2 Å². The molecule has 3 aromatic rings. The van der Waals surface area contributed by atoms with Crippen LogP contribution in [0.15, 0.2) is 59.4 Å². The largest absolute Gasteiger partial charge is 0.416 e. The van der Waals surface area contributed by atoms with Crippen molar-refractivity contribution in [3.05, 3.63) is 81.1 Å². The Morgan fingerprint density at radius 3 is 2.48 bits per heavy atom. The maximum absolute atomic E-state index is 12.9. The van der Waals surface area contributed by atoms with Crippen molar-refractivity contribution in [1.82, 2.24) is 15.1 Å². The zero-order valence-corrected chi connectivity index (χ0v) is 16.9. The smallest absolute Gasteiger partial charge is 0.382 e. The standard InChI is InChI=1S/C21H17ClF3N3O3/c1-12-3-2-4-15(9-12)28-20(31)16(19(30)26-11-18(29)21(23,24)25)10-17(27-28)13-5-7-14(22)8-6-13/h2-10,18,29H,11H2,1H3,(H,26,30). The summed E-state index contributed by atoms with van der Waals surface area (Å²) >= 11 is 5.90. The van der Waals surface area contributed by atoms with Gasteiger partial charge in [-0.2, -0.15) is 23.0 Å². The van der Waals surface area contributed by atoms with Crippen LogP contribution in [0.2, 0.25) is 5.02 Å². The fraction of sp³-hybridized carbons (Fsp3) is 0.190. The lowest BCUT2D eigenvalue weighted by molar-refractivity contribution is -0.201. The van der Waals surface area contributed by atoms with E-state index in [9.17, 15) is 22.8 Å². The molecular formula is C21H17ClF3N3O3. The summed E-state index contributed by atoms with van der Waals surface area (Å²) in [6.07, 6.45) is -7.66. The van der Waals surface area contributed by atoms with Crippen molar-refractivity contribution in [3.8, 4) is 16.9 Å². The number of nitrogens with one attached hydrogen (secondary N) is 1. The zero-order chi connectivity index (χ0) is 22.8.